The monoisotopic (exact) mass is 248 g/mol. The molecule has 2 heteroatoms. The summed E-state index contributed by atoms with van der Waals surface area (Å²) in [7, 11) is 2.17. The maximum absolute atomic E-state index is 3.60. The van der Waals surface area contributed by atoms with E-state index in [9.17, 15) is 0 Å². The highest BCUT2D eigenvalue weighted by molar-refractivity contribution is 5.45. The average Bonchev–Trinajstić information content (AvgIpc) is 2.36. The molecule has 0 spiro atoms. The van der Waals surface area contributed by atoms with Gasteiger partial charge in [0.15, 0.2) is 0 Å². The van der Waals surface area contributed by atoms with E-state index in [2.05, 4.69) is 75.3 Å². The second-order valence-corrected chi connectivity index (χ2v) is 5.86. The fourth-order valence-electron chi connectivity index (χ4n) is 2.16. The zero-order chi connectivity index (χ0) is 13.6. The molecule has 0 radical (unpaired) electrons. The number of hydrogen-bond donors (Lipinski definition) is 1. The fraction of sp³-hybridized carbons (Fsp3) is 0.625. The topological polar surface area (TPSA) is 15.3 Å². The van der Waals surface area contributed by atoms with Gasteiger partial charge in [0, 0.05) is 25.3 Å². The molecule has 0 amide bonds. The van der Waals surface area contributed by atoms with Gasteiger partial charge in [-0.2, -0.15) is 0 Å². The number of nitrogens with one attached hydrogen (secondary N) is 1. The maximum atomic E-state index is 3.60. The minimum absolute atomic E-state index is 0.250. The Morgan fingerprint density at radius 3 is 2.39 bits per heavy atom. The molecule has 0 saturated carbocycles. The number of benzene rings is 1. The minimum atomic E-state index is 0.250. The van der Waals surface area contributed by atoms with E-state index in [-0.39, 0.29) is 5.41 Å². The third-order valence-electron chi connectivity index (χ3n) is 3.71. The van der Waals surface area contributed by atoms with E-state index in [0.717, 1.165) is 13.1 Å². The normalized spacial score (nSPS) is 13.4. The summed E-state index contributed by atoms with van der Waals surface area (Å²) >= 11 is 0. The molecular formula is C16H28N2. The predicted molar refractivity (Wildman–Crippen MR) is 81.2 cm³/mol. The van der Waals surface area contributed by atoms with Crippen molar-refractivity contribution in [3.8, 4) is 0 Å². The van der Waals surface area contributed by atoms with Crippen LogP contribution in [0.1, 0.15) is 34.1 Å². The Bertz CT molecular complexity index is 332. The Balaban J connectivity index is 2.59. The van der Waals surface area contributed by atoms with Crippen molar-refractivity contribution in [2.75, 3.05) is 25.0 Å². The molecule has 0 heterocycles. The lowest BCUT2D eigenvalue weighted by atomic mass is 9.84. The first-order valence-electron chi connectivity index (χ1n) is 6.97. The van der Waals surface area contributed by atoms with Gasteiger partial charge in [-0.3, -0.25) is 0 Å². The first-order chi connectivity index (χ1) is 8.47. The van der Waals surface area contributed by atoms with Crippen LogP contribution in [0.2, 0.25) is 0 Å². The SMILES string of the molecule is CCCNC(C)C(C)(C)CN(C)c1ccccc1. The van der Waals surface area contributed by atoms with Crippen molar-refractivity contribution < 1.29 is 0 Å². The van der Waals surface area contributed by atoms with Gasteiger partial charge in [0.2, 0.25) is 0 Å². The van der Waals surface area contributed by atoms with Crippen LogP contribution in [0.5, 0.6) is 0 Å². The Morgan fingerprint density at radius 1 is 1.22 bits per heavy atom. The van der Waals surface area contributed by atoms with Crippen molar-refractivity contribution in [2.45, 2.75) is 40.2 Å². The van der Waals surface area contributed by atoms with E-state index in [1.807, 2.05) is 0 Å². The second-order valence-electron chi connectivity index (χ2n) is 5.86. The zero-order valence-corrected chi connectivity index (χ0v) is 12.5. The lowest BCUT2D eigenvalue weighted by molar-refractivity contribution is 0.263. The summed E-state index contributed by atoms with van der Waals surface area (Å²) < 4.78 is 0. The average molecular weight is 248 g/mol. The van der Waals surface area contributed by atoms with Crippen LogP contribution in [-0.4, -0.2) is 26.2 Å². The van der Waals surface area contributed by atoms with Gasteiger partial charge in [-0.25, -0.2) is 0 Å². The third-order valence-corrected chi connectivity index (χ3v) is 3.71. The van der Waals surface area contributed by atoms with Gasteiger partial charge in [-0.15, -0.1) is 0 Å². The van der Waals surface area contributed by atoms with E-state index in [0.29, 0.717) is 6.04 Å². The van der Waals surface area contributed by atoms with Crippen molar-refractivity contribution in [3.63, 3.8) is 0 Å². The van der Waals surface area contributed by atoms with Crippen LogP contribution in [0, 0.1) is 5.41 Å². The highest BCUT2D eigenvalue weighted by Crippen LogP contribution is 2.24. The lowest BCUT2D eigenvalue weighted by Gasteiger charge is -2.37. The highest BCUT2D eigenvalue weighted by atomic mass is 15.1. The summed E-state index contributed by atoms with van der Waals surface area (Å²) in [5, 5.41) is 3.60. The van der Waals surface area contributed by atoms with Crippen LogP contribution < -0.4 is 10.2 Å². The molecule has 1 aromatic rings. The minimum Gasteiger partial charge on any atom is -0.374 e. The van der Waals surface area contributed by atoms with E-state index in [4.69, 9.17) is 0 Å². The van der Waals surface area contributed by atoms with Crippen LogP contribution >= 0.6 is 0 Å². The van der Waals surface area contributed by atoms with Crippen molar-refractivity contribution >= 4 is 5.69 Å². The Morgan fingerprint density at radius 2 is 1.83 bits per heavy atom. The number of anilines is 1. The van der Waals surface area contributed by atoms with E-state index < -0.39 is 0 Å². The zero-order valence-electron chi connectivity index (χ0n) is 12.5. The van der Waals surface area contributed by atoms with Gasteiger partial charge in [0.05, 0.1) is 0 Å². The molecule has 1 rings (SSSR count). The second kappa shape index (κ2) is 6.79. The van der Waals surface area contributed by atoms with Gasteiger partial charge in [0.25, 0.3) is 0 Å². The van der Waals surface area contributed by atoms with Crippen LogP contribution in [0.15, 0.2) is 30.3 Å². The molecule has 102 valence electrons. The van der Waals surface area contributed by atoms with E-state index in [1.54, 1.807) is 0 Å². The number of nitrogens with zero attached hydrogens (tertiary/aromatic N) is 1. The van der Waals surface area contributed by atoms with Crippen molar-refractivity contribution in [3.05, 3.63) is 30.3 Å². The van der Waals surface area contributed by atoms with E-state index in [1.165, 1.54) is 12.1 Å². The number of hydrogen-bond acceptors (Lipinski definition) is 2. The Kier molecular flexibility index (Phi) is 5.67. The van der Waals surface area contributed by atoms with Crippen LogP contribution in [0.25, 0.3) is 0 Å². The summed E-state index contributed by atoms with van der Waals surface area (Å²) in [6.45, 7) is 11.3. The molecule has 0 aliphatic heterocycles. The summed E-state index contributed by atoms with van der Waals surface area (Å²) in [6.07, 6.45) is 1.19. The molecule has 1 N–H and O–H groups in total. The molecule has 0 fully saturated rings. The first kappa shape index (κ1) is 15.0. The molecule has 0 aromatic heterocycles. The largest absolute Gasteiger partial charge is 0.374 e. The van der Waals surface area contributed by atoms with Crippen molar-refractivity contribution in [2.24, 2.45) is 5.41 Å². The summed E-state index contributed by atoms with van der Waals surface area (Å²) in [5.74, 6) is 0. The van der Waals surface area contributed by atoms with Crippen molar-refractivity contribution in [1.82, 2.24) is 5.32 Å². The summed E-state index contributed by atoms with van der Waals surface area (Å²) in [5.41, 5.74) is 1.54. The molecule has 1 atom stereocenters. The fourth-order valence-corrected chi connectivity index (χ4v) is 2.16. The summed E-state index contributed by atoms with van der Waals surface area (Å²) in [4.78, 5) is 2.34. The van der Waals surface area contributed by atoms with Crippen LogP contribution in [0.4, 0.5) is 5.69 Å². The molecule has 1 aromatic carbocycles. The summed E-state index contributed by atoms with van der Waals surface area (Å²) in [6, 6.07) is 11.1. The molecule has 0 aliphatic rings. The van der Waals surface area contributed by atoms with E-state index >= 15 is 0 Å². The molecule has 0 aliphatic carbocycles. The van der Waals surface area contributed by atoms with Gasteiger partial charge in [-0.1, -0.05) is 39.0 Å². The molecule has 0 saturated heterocycles. The first-order valence-corrected chi connectivity index (χ1v) is 6.97. The molecule has 18 heavy (non-hydrogen) atoms. The lowest BCUT2D eigenvalue weighted by Crippen LogP contribution is -2.46. The maximum Gasteiger partial charge on any atom is 0.0363 e. The molecule has 2 nitrogen and oxygen atoms in total. The Hall–Kier alpha value is -1.02. The van der Waals surface area contributed by atoms with Gasteiger partial charge in [0.1, 0.15) is 0 Å². The Labute approximate surface area is 112 Å². The highest BCUT2D eigenvalue weighted by Gasteiger charge is 2.26. The van der Waals surface area contributed by atoms with Gasteiger partial charge in [-0.05, 0) is 37.4 Å². The number of para-hydroxylation sites is 1. The van der Waals surface area contributed by atoms with Crippen LogP contribution in [0.3, 0.4) is 0 Å². The smallest absolute Gasteiger partial charge is 0.0363 e. The molecular weight excluding hydrogens is 220 g/mol. The quantitative estimate of drug-likeness (QED) is 0.794. The molecule has 0 bridgehead atoms. The standard InChI is InChI=1S/C16H28N2/c1-6-12-17-14(2)16(3,4)13-18(5)15-10-8-7-9-11-15/h7-11,14,17H,6,12-13H2,1-5H3. The van der Waals surface area contributed by atoms with Crippen LogP contribution in [-0.2, 0) is 0 Å². The molecule has 1 unspecified atom stereocenters. The predicted octanol–water partition coefficient (Wildman–Crippen LogP) is 3.54. The number of rotatable bonds is 7. The third kappa shape index (κ3) is 4.34. The van der Waals surface area contributed by atoms with Crippen molar-refractivity contribution in [1.29, 1.82) is 0 Å². The van der Waals surface area contributed by atoms with Gasteiger partial charge < -0.3 is 10.2 Å². The van der Waals surface area contributed by atoms with Gasteiger partial charge >= 0.3 is 0 Å².